The molecule has 0 spiro atoms. The van der Waals surface area contributed by atoms with Crippen LogP contribution in [0.1, 0.15) is 33.6 Å². The molecule has 2 aliphatic rings. The summed E-state index contributed by atoms with van der Waals surface area (Å²) in [5.41, 5.74) is -0.560. The lowest BCUT2D eigenvalue weighted by atomic mass is 9.82. The summed E-state index contributed by atoms with van der Waals surface area (Å²) in [7, 11) is 0. The maximum absolute atomic E-state index is 11.5. The zero-order chi connectivity index (χ0) is 13.3. The monoisotopic (exact) mass is 254 g/mol. The van der Waals surface area contributed by atoms with Gasteiger partial charge in [-0.3, -0.25) is 9.69 Å². The predicted octanol–water partition coefficient (Wildman–Crippen LogP) is 0.948. The summed E-state index contributed by atoms with van der Waals surface area (Å²) in [4.78, 5) is 15.8. The molecule has 2 aliphatic heterocycles. The average Bonchev–Trinajstić information content (AvgIpc) is 2.82. The zero-order valence-electron chi connectivity index (χ0n) is 11.9. The van der Waals surface area contributed by atoms with E-state index in [9.17, 15) is 9.90 Å². The maximum Gasteiger partial charge on any atom is 0.222 e. The van der Waals surface area contributed by atoms with Crippen LogP contribution in [0.3, 0.4) is 0 Å². The second kappa shape index (κ2) is 5.17. The number of hydrogen-bond acceptors (Lipinski definition) is 3. The van der Waals surface area contributed by atoms with Crippen molar-refractivity contribution in [3.63, 3.8) is 0 Å². The quantitative estimate of drug-likeness (QED) is 0.812. The summed E-state index contributed by atoms with van der Waals surface area (Å²) < 4.78 is 0. The molecular formula is C14H26N2O2. The third kappa shape index (κ3) is 2.54. The van der Waals surface area contributed by atoms with Crippen LogP contribution < -0.4 is 0 Å². The lowest BCUT2D eigenvalue weighted by Gasteiger charge is -2.31. The molecule has 0 aromatic carbocycles. The average molecular weight is 254 g/mol. The molecule has 0 aromatic rings. The van der Waals surface area contributed by atoms with Gasteiger partial charge in [0.1, 0.15) is 0 Å². The van der Waals surface area contributed by atoms with Gasteiger partial charge >= 0.3 is 0 Å². The summed E-state index contributed by atoms with van der Waals surface area (Å²) in [6.07, 6.45) is 1.72. The van der Waals surface area contributed by atoms with E-state index in [-0.39, 0.29) is 5.92 Å². The van der Waals surface area contributed by atoms with Gasteiger partial charge in [-0.25, -0.2) is 0 Å². The molecule has 2 saturated heterocycles. The van der Waals surface area contributed by atoms with E-state index in [1.807, 2.05) is 4.90 Å². The molecule has 1 N–H and O–H groups in total. The summed E-state index contributed by atoms with van der Waals surface area (Å²) in [5.74, 6) is 0.888. The van der Waals surface area contributed by atoms with E-state index in [4.69, 9.17) is 0 Å². The van der Waals surface area contributed by atoms with Gasteiger partial charge in [-0.2, -0.15) is 0 Å². The minimum atomic E-state index is -0.560. The first-order valence-electron chi connectivity index (χ1n) is 7.16. The molecule has 104 valence electrons. The van der Waals surface area contributed by atoms with Crippen LogP contribution in [-0.2, 0) is 4.79 Å². The summed E-state index contributed by atoms with van der Waals surface area (Å²) >= 11 is 0. The highest BCUT2D eigenvalue weighted by molar-refractivity contribution is 5.78. The maximum atomic E-state index is 11.5. The van der Waals surface area contributed by atoms with Crippen molar-refractivity contribution in [3.8, 4) is 0 Å². The lowest BCUT2D eigenvalue weighted by molar-refractivity contribution is -0.127. The SMILES string of the molecule is CC(C)[C@@]1(O)CN(CCN2CCCC2=O)C[C@@H]1C. The number of carbonyl (C=O) groups excluding carboxylic acids is 1. The number of rotatable bonds is 4. The minimum absolute atomic E-state index is 0.283. The number of aliphatic hydroxyl groups is 1. The number of amides is 1. The third-order valence-corrected chi connectivity index (χ3v) is 4.72. The zero-order valence-corrected chi connectivity index (χ0v) is 11.9. The van der Waals surface area contributed by atoms with E-state index in [1.54, 1.807) is 0 Å². The van der Waals surface area contributed by atoms with Crippen molar-refractivity contribution < 1.29 is 9.90 Å². The van der Waals surface area contributed by atoms with E-state index in [2.05, 4.69) is 25.7 Å². The van der Waals surface area contributed by atoms with E-state index in [1.165, 1.54) is 0 Å². The van der Waals surface area contributed by atoms with Crippen LogP contribution in [0.2, 0.25) is 0 Å². The van der Waals surface area contributed by atoms with Gasteiger partial charge in [0.25, 0.3) is 0 Å². The Kier molecular flexibility index (Phi) is 3.97. The Labute approximate surface area is 110 Å². The number of carbonyl (C=O) groups is 1. The van der Waals surface area contributed by atoms with Crippen molar-refractivity contribution in [2.45, 2.75) is 39.2 Å². The van der Waals surface area contributed by atoms with Gasteiger partial charge in [0.2, 0.25) is 5.91 Å². The van der Waals surface area contributed by atoms with Gasteiger partial charge in [0.15, 0.2) is 0 Å². The normalized spacial score (nSPS) is 33.9. The Balaban J connectivity index is 1.84. The topological polar surface area (TPSA) is 43.8 Å². The van der Waals surface area contributed by atoms with Gasteiger partial charge in [0, 0.05) is 39.1 Å². The molecule has 0 unspecified atom stereocenters. The van der Waals surface area contributed by atoms with Gasteiger partial charge in [-0.15, -0.1) is 0 Å². The molecule has 2 rings (SSSR count). The highest BCUT2D eigenvalue weighted by Crippen LogP contribution is 2.33. The van der Waals surface area contributed by atoms with Gasteiger partial charge in [-0.05, 0) is 18.3 Å². The first-order valence-corrected chi connectivity index (χ1v) is 7.16. The van der Waals surface area contributed by atoms with E-state index in [0.717, 1.165) is 39.1 Å². The molecule has 2 fully saturated rings. The fourth-order valence-electron chi connectivity index (χ4n) is 3.25. The molecule has 0 aromatic heterocycles. The fraction of sp³-hybridized carbons (Fsp3) is 0.929. The van der Waals surface area contributed by atoms with E-state index in [0.29, 0.717) is 18.2 Å². The predicted molar refractivity (Wildman–Crippen MR) is 71.2 cm³/mol. The Morgan fingerprint density at radius 1 is 1.44 bits per heavy atom. The highest BCUT2D eigenvalue weighted by atomic mass is 16.3. The standard InChI is InChI=1S/C14H26N2O2/c1-11(2)14(18)10-15(9-12(14)3)7-8-16-6-4-5-13(16)17/h11-12,18H,4-10H2,1-3H3/t12-,14-/m0/s1. The smallest absolute Gasteiger partial charge is 0.222 e. The lowest BCUT2D eigenvalue weighted by Crippen LogP contribution is -2.43. The Hall–Kier alpha value is -0.610. The molecule has 0 bridgehead atoms. The van der Waals surface area contributed by atoms with Crippen molar-refractivity contribution >= 4 is 5.91 Å². The van der Waals surface area contributed by atoms with Crippen molar-refractivity contribution in [3.05, 3.63) is 0 Å². The van der Waals surface area contributed by atoms with Gasteiger partial charge in [-0.1, -0.05) is 20.8 Å². The highest BCUT2D eigenvalue weighted by Gasteiger charge is 2.44. The summed E-state index contributed by atoms with van der Waals surface area (Å²) in [6.45, 7) is 10.6. The van der Waals surface area contributed by atoms with E-state index >= 15 is 0 Å². The van der Waals surface area contributed by atoms with Crippen LogP contribution >= 0.6 is 0 Å². The van der Waals surface area contributed by atoms with Crippen molar-refractivity contribution in [1.29, 1.82) is 0 Å². The largest absolute Gasteiger partial charge is 0.388 e. The molecule has 0 saturated carbocycles. The van der Waals surface area contributed by atoms with Crippen LogP contribution in [0.15, 0.2) is 0 Å². The molecular weight excluding hydrogens is 228 g/mol. The first-order chi connectivity index (χ1) is 8.43. The van der Waals surface area contributed by atoms with Crippen molar-refractivity contribution in [2.24, 2.45) is 11.8 Å². The first kappa shape index (κ1) is 13.8. The summed E-state index contributed by atoms with van der Waals surface area (Å²) in [5, 5.41) is 10.6. The second-order valence-electron chi connectivity index (χ2n) is 6.27. The second-order valence-corrected chi connectivity index (χ2v) is 6.27. The Bertz CT molecular complexity index is 319. The minimum Gasteiger partial charge on any atom is -0.388 e. The molecule has 0 aliphatic carbocycles. The third-order valence-electron chi connectivity index (χ3n) is 4.72. The fourth-order valence-corrected chi connectivity index (χ4v) is 3.25. The van der Waals surface area contributed by atoms with Gasteiger partial charge < -0.3 is 10.0 Å². The van der Waals surface area contributed by atoms with Crippen LogP contribution in [0.5, 0.6) is 0 Å². The molecule has 2 heterocycles. The Morgan fingerprint density at radius 2 is 2.17 bits per heavy atom. The summed E-state index contributed by atoms with van der Waals surface area (Å²) in [6, 6.07) is 0. The Morgan fingerprint density at radius 3 is 2.67 bits per heavy atom. The van der Waals surface area contributed by atoms with Crippen molar-refractivity contribution in [1.82, 2.24) is 9.80 Å². The number of β-amino-alcohol motifs (C(OH)–C–C–N with tert-alkyl or cyclic N) is 1. The molecule has 0 radical (unpaired) electrons. The van der Waals surface area contributed by atoms with Crippen LogP contribution in [0, 0.1) is 11.8 Å². The number of hydrogen-bond donors (Lipinski definition) is 1. The van der Waals surface area contributed by atoms with Crippen molar-refractivity contribution in [2.75, 3.05) is 32.7 Å². The van der Waals surface area contributed by atoms with Crippen LogP contribution in [-0.4, -0.2) is 59.1 Å². The van der Waals surface area contributed by atoms with E-state index < -0.39 is 5.60 Å². The van der Waals surface area contributed by atoms with Crippen LogP contribution in [0.25, 0.3) is 0 Å². The van der Waals surface area contributed by atoms with Crippen LogP contribution in [0.4, 0.5) is 0 Å². The molecule has 4 nitrogen and oxygen atoms in total. The number of nitrogens with zero attached hydrogens (tertiary/aromatic N) is 2. The molecule has 4 heteroatoms. The molecule has 1 amide bonds. The molecule has 2 atom stereocenters. The molecule has 18 heavy (non-hydrogen) atoms. The number of likely N-dealkylation sites (tertiary alicyclic amines) is 2. The van der Waals surface area contributed by atoms with Gasteiger partial charge in [0.05, 0.1) is 5.60 Å².